The maximum absolute atomic E-state index is 11.2. The van der Waals surface area contributed by atoms with Crippen LogP contribution in [0.15, 0.2) is 11.6 Å². The lowest BCUT2D eigenvalue weighted by atomic mass is 9.98. The Bertz CT molecular complexity index is 320. The molecule has 0 bridgehead atoms. The molecule has 3 nitrogen and oxygen atoms in total. The summed E-state index contributed by atoms with van der Waals surface area (Å²) >= 11 is 0. The summed E-state index contributed by atoms with van der Waals surface area (Å²) < 4.78 is 1.04. The van der Waals surface area contributed by atoms with Gasteiger partial charge >= 0.3 is 5.97 Å². The van der Waals surface area contributed by atoms with Gasteiger partial charge in [-0.25, -0.2) is 0 Å². The van der Waals surface area contributed by atoms with Gasteiger partial charge in [0.25, 0.3) is 0 Å². The summed E-state index contributed by atoms with van der Waals surface area (Å²) in [5.74, 6) is -0.669. The molecule has 0 aromatic heterocycles. The average molecular weight is 224 g/mol. The average Bonchev–Trinajstić information content (AvgIpc) is 2.71. The van der Waals surface area contributed by atoms with Crippen LogP contribution in [-0.2, 0) is 4.79 Å². The normalized spacial score (nSPS) is 37.1. The molecular weight excluding hydrogens is 202 g/mol. The Morgan fingerprint density at radius 3 is 2.75 bits per heavy atom. The number of carbonyl (C=O) groups is 1. The molecule has 90 valence electrons. The summed E-state index contributed by atoms with van der Waals surface area (Å²) in [6, 6.07) is 0.382. The van der Waals surface area contributed by atoms with E-state index in [4.69, 9.17) is 0 Å². The number of hydrogen-bond donors (Lipinski definition) is 1. The molecular formula is C13H22NO2+. The maximum atomic E-state index is 11.2. The molecule has 2 saturated heterocycles. The van der Waals surface area contributed by atoms with Gasteiger partial charge in [0.2, 0.25) is 0 Å². The Morgan fingerprint density at radius 1 is 1.38 bits per heavy atom. The van der Waals surface area contributed by atoms with Crippen LogP contribution in [0, 0.1) is 5.92 Å². The van der Waals surface area contributed by atoms with Crippen LogP contribution < -0.4 is 0 Å². The van der Waals surface area contributed by atoms with Crippen LogP contribution in [0.4, 0.5) is 0 Å². The highest BCUT2D eigenvalue weighted by molar-refractivity contribution is 5.71. The van der Waals surface area contributed by atoms with E-state index in [0.717, 1.165) is 30.4 Å². The van der Waals surface area contributed by atoms with E-state index in [-0.39, 0.29) is 5.92 Å². The molecule has 3 unspecified atom stereocenters. The standard InChI is InChI=1S/C13H21NO2/c1-10(2)5-8-14-7-3-4-12(14)11(6-9-14)13(15)16/h5,11-12H,3-4,6-9H2,1-2H3/p+1. The van der Waals surface area contributed by atoms with Crippen molar-refractivity contribution in [3.8, 4) is 0 Å². The van der Waals surface area contributed by atoms with Gasteiger partial charge in [-0.3, -0.25) is 4.79 Å². The number of carboxylic acid groups (broad SMARTS) is 1. The second kappa shape index (κ2) is 4.21. The highest BCUT2D eigenvalue weighted by Crippen LogP contribution is 2.40. The van der Waals surface area contributed by atoms with E-state index in [1.165, 1.54) is 18.5 Å². The Kier molecular flexibility index (Phi) is 3.06. The van der Waals surface area contributed by atoms with E-state index in [0.29, 0.717) is 6.04 Å². The zero-order valence-electron chi connectivity index (χ0n) is 10.3. The van der Waals surface area contributed by atoms with Gasteiger partial charge in [-0.15, -0.1) is 0 Å². The third kappa shape index (κ3) is 1.88. The van der Waals surface area contributed by atoms with Gasteiger partial charge in [0.15, 0.2) is 0 Å². The topological polar surface area (TPSA) is 37.3 Å². The van der Waals surface area contributed by atoms with Gasteiger partial charge in [0.1, 0.15) is 12.0 Å². The van der Waals surface area contributed by atoms with Crippen molar-refractivity contribution < 1.29 is 14.4 Å². The number of aliphatic carboxylic acids is 1. The number of rotatable bonds is 3. The first-order chi connectivity index (χ1) is 7.55. The van der Waals surface area contributed by atoms with E-state index < -0.39 is 5.97 Å². The number of carboxylic acids is 1. The second-order valence-electron chi connectivity index (χ2n) is 5.57. The predicted molar refractivity (Wildman–Crippen MR) is 63.1 cm³/mol. The molecule has 0 saturated carbocycles. The summed E-state index contributed by atoms with van der Waals surface area (Å²) in [5.41, 5.74) is 1.34. The number of allylic oxidation sites excluding steroid dienone is 1. The van der Waals surface area contributed by atoms with Gasteiger partial charge in [-0.1, -0.05) is 5.57 Å². The fraction of sp³-hybridized carbons (Fsp3) is 0.769. The van der Waals surface area contributed by atoms with Crippen LogP contribution >= 0.6 is 0 Å². The lowest BCUT2D eigenvalue weighted by Crippen LogP contribution is -2.49. The van der Waals surface area contributed by atoms with Crippen molar-refractivity contribution in [2.24, 2.45) is 5.92 Å². The summed E-state index contributed by atoms with van der Waals surface area (Å²) in [7, 11) is 0. The Balaban J connectivity index is 2.15. The molecule has 2 aliphatic rings. The Hall–Kier alpha value is -0.830. The molecule has 2 rings (SSSR count). The zero-order valence-corrected chi connectivity index (χ0v) is 10.3. The minimum Gasteiger partial charge on any atom is -0.481 e. The summed E-state index contributed by atoms with van der Waals surface area (Å²) in [5, 5.41) is 9.23. The second-order valence-corrected chi connectivity index (χ2v) is 5.57. The van der Waals surface area contributed by atoms with Crippen molar-refractivity contribution in [2.75, 3.05) is 19.6 Å². The van der Waals surface area contributed by atoms with Crippen molar-refractivity contribution in [3.63, 3.8) is 0 Å². The van der Waals surface area contributed by atoms with Crippen LogP contribution in [0.1, 0.15) is 33.1 Å². The number of fused-ring (bicyclic) bond motifs is 1. The first kappa shape index (κ1) is 11.6. The molecule has 2 fully saturated rings. The largest absolute Gasteiger partial charge is 0.481 e. The third-order valence-electron chi connectivity index (χ3n) is 4.34. The fourth-order valence-electron chi connectivity index (χ4n) is 3.47. The summed E-state index contributed by atoms with van der Waals surface area (Å²) in [6.07, 6.45) is 5.46. The smallest absolute Gasteiger partial charge is 0.312 e. The number of hydrogen-bond acceptors (Lipinski definition) is 1. The minimum atomic E-state index is -0.580. The SMILES string of the molecule is CC(C)=CC[N+]12CCCC1C(C(=O)O)CC2. The van der Waals surface area contributed by atoms with E-state index in [1.807, 2.05) is 0 Å². The number of nitrogens with zero attached hydrogens (tertiary/aromatic N) is 1. The van der Waals surface area contributed by atoms with Crippen molar-refractivity contribution in [1.29, 1.82) is 0 Å². The van der Waals surface area contributed by atoms with Crippen LogP contribution in [-0.4, -0.2) is 41.2 Å². The highest BCUT2D eigenvalue weighted by atomic mass is 16.4. The molecule has 0 aromatic rings. The number of quaternary nitrogens is 1. The van der Waals surface area contributed by atoms with Crippen LogP contribution in [0.2, 0.25) is 0 Å². The minimum absolute atomic E-state index is 0.0898. The van der Waals surface area contributed by atoms with Gasteiger partial charge in [-0.2, -0.15) is 0 Å². The predicted octanol–water partition coefficient (Wildman–Crippen LogP) is 2.04. The maximum Gasteiger partial charge on any atom is 0.312 e. The monoisotopic (exact) mass is 224 g/mol. The van der Waals surface area contributed by atoms with Crippen LogP contribution in [0.3, 0.4) is 0 Å². The molecule has 16 heavy (non-hydrogen) atoms. The lowest BCUT2D eigenvalue weighted by molar-refractivity contribution is -0.923. The molecule has 3 atom stereocenters. The molecule has 2 aliphatic heterocycles. The molecule has 0 aliphatic carbocycles. The van der Waals surface area contributed by atoms with Crippen molar-refractivity contribution in [3.05, 3.63) is 11.6 Å². The van der Waals surface area contributed by atoms with Crippen molar-refractivity contribution in [2.45, 2.75) is 39.2 Å². The molecule has 0 spiro atoms. The molecule has 0 amide bonds. The van der Waals surface area contributed by atoms with E-state index in [9.17, 15) is 9.90 Å². The first-order valence-electron chi connectivity index (χ1n) is 6.27. The van der Waals surface area contributed by atoms with Gasteiger partial charge in [0.05, 0.1) is 19.6 Å². The highest BCUT2D eigenvalue weighted by Gasteiger charge is 2.53. The van der Waals surface area contributed by atoms with Gasteiger partial charge in [0, 0.05) is 19.3 Å². The summed E-state index contributed by atoms with van der Waals surface area (Å²) in [6.45, 7) is 7.52. The molecule has 0 radical (unpaired) electrons. The van der Waals surface area contributed by atoms with Crippen molar-refractivity contribution in [1.82, 2.24) is 0 Å². The van der Waals surface area contributed by atoms with Crippen LogP contribution in [0.25, 0.3) is 0 Å². The first-order valence-corrected chi connectivity index (χ1v) is 6.27. The third-order valence-corrected chi connectivity index (χ3v) is 4.34. The van der Waals surface area contributed by atoms with Crippen LogP contribution in [0.5, 0.6) is 0 Å². The van der Waals surface area contributed by atoms with E-state index >= 15 is 0 Å². The lowest BCUT2D eigenvalue weighted by Gasteiger charge is -2.34. The quantitative estimate of drug-likeness (QED) is 0.588. The molecule has 1 N–H and O–H groups in total. The Morgan fingerprint density at radius 2 is 2.12 bits per heavy atom. The van der Waals surface area contributed by atoms with E-state index in [1.54, 1.807) is 0 Å². The van der Waals surface area contributed by atoms with Crippen molar-refractivity contribution >= 4 is 5.97 Å². The summed E-state index contributed by atoms with van der Waals surface area (Å²) in [4.78, 5) is 11.2. The molecule has 0 aromatic carbocycles. The Labute approximate surface area is 97.3 Å². The molecule has 3 heteroatoms. The van der Waals surface area contributed by atoms with Gasteiger partial charge < -0.3 is 9.59 Å². The zero-order chi connectivity index (χ0) is 11.8. The fourth-order valence-corrected chi connectivity index (χ4v) is 3.47. The van der Waals surface area contributed by atoms with Gasteiger partial charge in [-0.05, 0) is 19.9 Å². The molecule has 2 heterocycles. The van der Waals surface area contributed by atoms with E-state index in [2.05, 4.69) is 19.9 Å².